The zero-order valence-electron chi connectivity index (χ0n) is 6.99. The van der Waals surface area contributed by atoms with Gasteiger partial charge in [0.1, 0.15) is 4.88 Å². The topological polar surface area (TPSA) is 76.2 Å². The maximum absolute atomic E-state index is 10.8. The summed E-state index contributed by atoms with van der Waals surface area (Å²) in [5.74, 6) is -0.573. The average molecular weight is 198 g/mol. The number of nitrogens with two attached hydrogens (primary N) is 1. The Morgan fingerprint density at radius 3 is 2.77 bits per heavy atom. The Hall–Kier alpha value is -1.10. The van der Waals surface area contributed by atoms with E-state index in [1.165, 1.54) is 6.42 Å². The van der Waals surface area contributed by atoms with Crippen molar-refractivity contribution >= 4 is 22.4 Å². The van der Waals surface area contributed by atoms with Crippen LogP contribution in [0.3, 0.4) is 0 Å². The van der Waals surface area contributed by atoms with Crippen molar-refractivity contribution in [2.24, 2.45) is 0 Å². The molecule has 13 heavy (non-hydrogen) atoms. The summed E-state index contributed by atoms with van der Waals surface area (Å²) in [5, 5.41) is 9.22. The van der Waals surface area contributed by atoms with Gasteiger partial charge in [-0.2, -0.15) is 0 Å². The van der Waals surface area contributed by atoms with Crippen molar-refractivity contribution in [2.45, 2.75) is 25.2 Å². The van der Waals surface area contributed by atoms with Crippen molar-refractivity contribution in [3.63, 3.8) is 0 Å². The van der Waals surface area contributed by atoms with Crippen molar-refractivity contribution in [3.05, 3.63) is 10.6 Å². The smallest absolute Gasteiger partial charge is 0.347 e. The third-order valence-electron chi connectivity index (χ3n) is 2.36. The molecule has 1 heterocycles. The molecule has 0 atom stereocenters. The fourth-order valence-electron chi connectivity index (χ4n) is 1.46. The van der Waals surface area contributed by atoms with Crippen molar-refractivity contribution in [1.82, 2.24) is 4.98 Å². The highest BCUT2D eigenvalue weighted by atomic mass is 32.1. The van der Waals surface area contributed by atoms with Gasteiger partial charge in [0, 0.05) is 5.92 Å². The molecule has 0 saturated heterocycles. The van der Waals surface area contributed by atoms with Crippen LogP contribution in [0.25, 0.3) is 0 Å². The van der Waals surface area contributed by atoms with Gasteiger partial charge in [0.2, 0.25) is 0 Å². The number of anilines is 1. The van der Waals surface area contributed by atoms with Crippen molar-refractivity contribution in [3.8, 4) is 0 Å². The first kappa shape index (κ1) is 8.50. The van der Waals surface area contributed by atoms with Crippen molar-refractivity contribution in [2.75, 3.05) is 5.73 Å². The molecule has 0 aromatic carbocycles. The Balaban J connectivity index is 2.36. The lowest BCUT2D eigenvalue weighted by molar-refractivity contribution is 0.0699. The SMILES string of the molecule is Nc1nc(C2CCC2)c(C(=O)O)s1. The van der Waals surface area contributed by atoms with Gasteiger partial charge in [-0.3, -0.25) is 0 Å². The molecule has 0 bridgehead atoms. The van der Waals surface area contributed by atoms with Gasteiger partial charge >= 0.3 is 5.97 Å². The molecular formula is C8H10N2O2S. The van der Waals surface area contributed by atoms with Crippen LogP contribution in [0, 0.1) is 0 Å². The van der Waals surface area contributed by atoms with Gasteiger partial charge in [-0.05, 0) is 12.8 Å². The van der Waals surface area contributed by atoms with Crippen LogP contribution < -0.4 is 5.73 Å². The minimum Gasteiger partial charge on any atom is -0.477 e. The summed E-state index contributed by atoms with van der Waals surface area (Å²) in [6.45, 7) is 0. The van der Waals surface area contributed by atoms with Crippen LogP contribution in [0.4, 0.5) is 5.13 Å². The molecular weight excluding hydrogens is 188 g/mol. The lowest BCUT2D eigenvalue weighted by Gasteiger charge is -2.23. The van der Waals surface area contributed by atoms with E-state index in [0.717, 1.165) is 24.2 Å². The Kier molecular flexibility index (Phi) is 1.95. The van der Waals surface area contributed by atoms with Crippen LogP contribution >= 0.6 is 11.3 Å². The molecule has 1 aromatic heterocycles. The van der Waals surface area contributed by atoms with E-state index in [0.29, 0.717) is 21.6 Å². The average Bonchev–Trinajstić information content (AvgIpc) is 2.27. The number of aromatic nitrogens is 1. The molecule has 0 aliphatic heterocycles. The fourth-order valence-corrected chi connectivity index (χ4v) is 2.22. The van der Waals surface area contributed by atoms with Crippen LogP contribution in [-0.4, -0.2) is 16.1 Å². The number of aromatic carboxylic acids is 1. The maximum atomic E-state index is 10.8. The standard InChI is InChI=1S/C8H10N2O2S/c9-8-10-5(4-2-1-3-4)6(13-8)7(11)12/h4H,1-3H2,(H2,9,10)(H,11,12). The minimum atomic E-state index is -0.906. The summed E-state index contributed by atoms with van der Waals surface area (Å²) in [5.41, 5.74) is 6.17. The van der Waals surface area contributed by atoms with Gasteiger partial charge < -0.3 is 10.8 Å². The molecule has 0 unspecified atom stereocenters. The Labute approximate surface area is 79.4 Å². The van der Waals surface area contributed by atoms with E-state index in [9.17, 15) is 4.79 Å². The molecule has 1 fully saturated rings. The number of carboxylic acid groups (broad SMARTS) is 1. The third kappa shape index (κ3) is 1.39. The fraction of sp³-hybridized carbons (Fsp3) is 0.500. The molecule has 0 radical (unpaired) electrons. The number of carbonyl (C=O) groups is 1. The maximum Gasteiger partial charge on any atom is 0.347 e. The summed E-state index contributed by atoms with van der Waals surface area (Å²) < 4.78 is 0. The first-order valence-corrected chi connectivity index (χ1v) is 4.99. The van der Waals surface area contributed by atoms with Crippen molar-refractivity contribution < 1.29 is 9.90 Å². The second-order valence-corrected chi connectivity index (χ2v) is 4.23. The predicted octanol–water partition coefficient (Wildman–Crippen LogP) is 1.69. The molecule has 1 aliphatic rings. The van der Waals surface area contributed by atoms with Gasteiger partial charge in [-0.25, -0.2) is 9.78 Å². The van der Waals surface area contributed by atoms with E-state index >= 15 is 0 Å². The highest BCUT2D eigenvalue weighted by Gasteiger charge is 2.28. The van der Waals surface area contributed by atoms with Crippen LogP contribution in [0.2, 0.25) is 0 Å². The van der Waals surface area contributed by atoms with Gasteiger partial charge in [-0.1, -0.05) is 17.8 Å². The quantitative estimate of drug-likeness (QED) is 0.758. The van der Waals surface area contributed by atoms with Gasteiger partial charge in [-0.15, -0.1) is 0 Å². The first-order chi connectivity index (χ1) is 6.18. The molecule has 2 rings (SSSR count). The van der Waals surface area contributed by atoms with Gasteiger partial charge in [0.25, 0.3) is 0 Å². The van der Waals surface area contributed by atoms with Crippen LogP contribution in [0.1, 0.15) is 40.5 Å². The number of thiazole rings is 1. The summed E-state index contributed by atoms with van der Waals surface area (Å²) >= 11 is 1.07. The van der Waals surface area contributed by atoms with Gasteiger partial charge in [0.05, 0.1) is 5.69 Å². The molecule has 1 aromatic rings. The molecule has 5 heteroatoms. The summed E-state index contributed by atoms with van der Waals surface area (Å²) in [4.78, 5) is 15.2. The number of rotatable bonds is 2. The Morgan fingerprint density at radius 2 is 2.31 bits per heavy atom. The summed E-state index contributed by atoms with van der Waals surface area (Å²) in [7, 11) is 0. The van der Waals surface area contributed by atoms with Crippen LogP contribution in [0.5, 0.6) is 0 Å². The number of carboxylic acids is 1. The molecule has 1 saturated carbocycles. The zero-order chi connectivity index (χ0) is 9.42. The number of nitrogens with zero attached hydrogens (tertiary/aromatic N) is 1. The van der Waals surface area contributed by atoms with E-state index < -0.39 is 5.97 Å². The summed E-state index contributed by atoms with van der Waals surface area (Å²) in [6.07, 6.45) is 3.26. The molecule has 4 nitrogen and oxygen atoms in total. The predicted molar refractivity (Wildman–Crippen MR) is 50.1 cm³/mol. The normalized spacial score (nSPS) is 16.9. The largest absolute Gasteiger partial charge is 0.477 e. The highest BCUT2D eigenvalue weighted by Crippen LogP contribution is 2.39. The monoisotopic (exact) mass is 198 g/mol. The third-order valence-corrected chi connectivity index (χ3v) is 3.24. The summed E-state index contributed by atoms with van der Waals surface area (Å²) in [6, 6.07) is 0. The van der Waals surface area contributed by atoms with Crippen molar-refractivity contribution in [1.29, 1.82) is 0 Å². The molecule has 70 valence electrons. The second-order valence-electron chi connectivity index (χ2n) is 3.20. The Morgan fingerprint density at radius 1 is 1.62 bits per heavy atom. The second kappa shape index (κ2) is 2.99. The molecule has 1 aliphatic carbocycles. The van der Waals surface area contributed by atoms with Gasteiger partial charge in [0.15, 0.2) is 5.13 Å². The minimum absolute atomic E-state index is 0.321. The lowest BCUT2D eigenvalue weighted by Crippen LogP contribution is -2.12. The van der Waals surface area contributed by atoms with E-state index in [2.05, 4.69) is 4.98 Å². The number of hydrogen-bond acceptors (Lipinski definition) is 4. The lowest BCUT2D eigenvalue weighted by atomic mass is 9.82. The van der Waals surface area contributed by atoms with Crippen LogP contribution in [0.15, 0.2) is 0 Å². The van der Waals surface area contributed by atoms with E-state index in [-0.39, 0.29) is 0 Å². The van der Waals surface area contributed by atoms with E-state index in [1.54, 1.807) is 0 Å². The highest BCUT2D eigenvalue weighted by molar-refractivity contribution is 7.17. The Bertz CT molecular complexity index is 344. The number of nitrogen functional groups attached to an aromatic ring is 1. The zero-order valence-corrected chi connectivity index (χ0v) is 7.80. The number of hydrogen-bond donors (Lipinski definition) is 2. The first-order valence-electron chi connectivity index (χ1n) is 4.18. The molecule has 0 spiro atoms. The van der Waals surface area contributed by atoms with E-state index in [1.807, 2.05) is 0 Å². The van der Waals surface area contributed by atoms with Crippen LogP contribution in [-0.2, 0) is 0 Å². The molecule has 0 amide bonds. The van der Waals surface area contributed by atoms with E-state index in [4.69, 9.17) is 10.8 Å². The molecule has 3 N–H and O–H groups in total.